The summed E-state index contributed by atoms with van der Waals surface area (Å²) in [7, 11) is 0. The Labute approximate surface area is 209 Å². The number of imidazole rings is 1. The molecule has 0 amide bonds. The average Bonchev–Trinajstić information content (AvgIpc) is 3.36. The molecule has 0 radical (unpaired) electrons. The third-order valence-electron chi connectivity index (χ3n) is 6.66. The molecule has 1 aliphatic rings. The molecule has 1 fully saturated rings. The Kier molecular flexibility index (Phi) is 6.31. The number of benzene rings is 2. The van der Waals surface area contributed by atoms with Crippen molar-refractivity contribution in [3.05, 3.63) is 73.2 Å². The lowest BCUT2D eigenvalue weighted by Gasteiger charge is -2.23. The van der Waals surface area contributed by atoms with Crippen LogP contribution in [0.1, 0.15) is 38.1 Å². The van der Waals surface area contributed by atoms with Crippen LogP contribution in [-0.4, -0.2) is 37.7 Å². The Hall–Kier alpha value is -4.20. The van der Waals surface area contributed by atoms with E-state index in [4.69, 9.17) is 19.7 Å². The molecule has 36 heavy (non-hydrogen) atoms. The number of pyridine rings is 1. The molecule has 0 unspecified atom stereocenters. The van der Waals surface area contributed by atoms with Gasteiger partial charge in [0.15, 0.2) is 17.0 Å². The van der Waals surface area contributed by atoms with Crippen LogP contribution in [0.25, 0.3) is 22.1 Å². The number of anilines is 3. The van der Waals surface area contributed by atoms with Gasteiger partial charge in [0, 0.05) is 23.3 Å². The molecule has 2 aromatic carbocycles. The minimum atomic E-state index is 0.424. The van der Waals surface area contributed by atoms with Gasteiger partial charge in [0.1, 0.15) is 12.4 Å². The Morgan fingerprint density at radius 3 is 2.69 bits per heavy atom. The highest BCUT2D eigenvalue weighted by molar-refractivity contribution is 5.86. The number of hydrogen-bond donors (Lipinski definition) is 2. The second-order valence-corrected chi connectivity index (χ2v) is 9.14. The molecule has 0 atom stereocenters. The Morgan fingerprint density at radius 2 is 1.81 bits per heavy atom. The fraction of sp³-hybridized carbons (Fsp3) is 0.286. The van der Waals surface area contributed by atoms with Crippen LogP contribution in [0.2, 0.25) is 0 Å². The van der Waals surface area contributed by atoms with Gasteiger partial charge in [0.25, 0.3) is 0 Å². The van der Waals surface area contributed by atoms with Crippen LogP contribution in [0.5, 0.6) is 5.75 Å². The summed E-state index contributed by atoms with van der Waals surface area (Å²) in [6.45, 7) is 1.11. The number of fused-ring (bicyclic) bond motifs is 2. The molecule has 3 aromatic heterocycles. The molecule has 1 aliphatic carbocycles. The number of nitrogens with zero attached hydrogens (tertiary/aromatic N) is 5. The molecule has 5 aromatic rings. The second-order valence-electron chi connectivity index (χ2n) is 9.14. The van der Waals surface area contributed by atoms with Crippen molar-refractivity contribution >= 4 is 39.5 Å². The zero-order valence-corrected chi connectivity index (χ0v) is 20.1. The predicted molar refractivity (Wildman–Crippen MR) is 143 cm³/mol. The van der Waals surface area contributed by atoms with Crippen molar-refractivity contribution in [3.8, 4) is 5.75 Å². The SMILES string of the molecule is c1ccc(OCCNc2nc(Nc3ccc4ncccc4c3)nc3c2ncn3C2CCCCC2)cc1. The molecule has 8 nitrogen and oxygen atoms in total. The van der Waals surface area contributed by atoms with E-state index >= 15 is 0 Å². The number of ether oxygens (including phenoxy) is 1. The lowest BCUT2D eigenvalue weighted by molar-refractivity contribution is 0.333. The van der Waals surface area contributed by atoms with E-state index in [0.29, 0.717) is 31.0 Å². The maximum atomic E-state index is 5.85. The fourth-order valence-corrected chi connectivity index (χ4v) is 4.86. The molecule has 0 spiro atoms. The maximum absolute atomic E-state index is 5.85. The standard InChI is InChI=1S/C28H29N7O/c1-3-9-22(10-4-1)35-19-31-25-26(30-16-17-36-23-11-5-2-6-12-23)33-28(34-27(25)35)32-21-13-14-24-20(18-21)8-7-15-29-24/h2,5-8,11-15,18-19,22H,1,3-4,9-10,16-17H2,(H2,30,32,33,34). The van der Waals surface area contributed by atoms with Gasteiger partial charge in [-0.2, -0.15) is 9.97 Å². The topological polar surface area (TPSA) is 89.8 Å². The van der Waals surface area contributed by atoms with Gasteiger partial charge in [-0.3, -0.25) is 4.98 Å². The van der Waals surface area contributed by atoms with Gasteiger partial charge in [-0.25, -0.2) is 4.98 Å². The molecule has 0 saturated heterocycles. The molecule has 6 rings (SSSR count). The van der Waals surface area contributed by atoms with Crippen molar-refractivity contribution in [1.29, 1.82) is 0 Å². The minimum absolute atomic E-state index is 0.424. The van der Waals surface area contributed by atoms with Gasteiger partial charge in [-0.05, 0) is 49.2 Å². The highest BCUT2D eigenvalue weighted by Crippen LogP contribution is 2.32. The summed E-state index contributed by atoms with van der Waals surface area (Å²) in [4.78, 5) is 18.8. The summed E-state index contributed by atoms with van der Waals surface area (Å²) in [5.41, 5.74) is 3.51. The number of rotatable bonds is 8. The zero-order chi connectivity index (χ0) is 24.2. The van der Waals surface area contributed by atoms with E-state index in [9.17, 15) is 0 Å². The van der Waals surface area contributed by atoms with Gasteiger partial charge < -0.3 is 19.9 Å². The first-order valence-electron chi connectivity index (χ1n) is 12.6. The van der Waals surface area contributed by atoms with Crippen LogP contribution in [0.3, 0.4) is 0 Å². The third kappa shape index (κ3) is 4.79. The van der Waals surface area contributed by atoms with Crippen molar-refractivity contribution in [2.24, 2.45) is 0 Å². The number of para-hydroxylation sites is 1. The molecule has 0 bridgehead atoms. The molecule has 0 aliphatic heterocycles. The Morgan fingerprint density at radius 1 is 0.917 bits per heavy atom. The van der Waals surface area contributed by atoms with Crippen LogP contribution in [0, 0.1) is 0 Å². The Balaban J connectivity index is 1.28. The summed E-state index contributed by atoms with van der Waals surface area (Å²) in [5, 5.41) is 7.89. The van der Waals surface area contributed by atoms with Crippen molar-refractivity contribution in [2.45, 2.75) is 38.1 Å². The molecule has 1 saturated carbocycles. The maximum Gasteiger partial charge on any atom is 0.231 e. The van der Waals surface area contributed by atoms with Crippen LogP contribution in [-0.2, 0) is 0 Å². The van der Waals surface area contributed by atoms with E-state index in [0.717, 1.165) is 46.3 Å². The largest absolute Gasteiger partial charge is 0.492 e. The van der Waals surface area contributed by atoms with E-state index in [2.05, 4.69) is 32.3 Å². The first kappa shape index (κ1) is 22.3. The quantitative estimate of drug-likeness (QED) is 0.259. The van der Waals surface area contributed by atoms with Gasteiger partial charge in [0.05, 0.1) is 18.4 Å². The highest BCUT2D eigenvalue weighted by Gasteiger charge is 2.21. The average molecular weight is 480 g/mol. The van der Waals surface area contributed by atoms with Crippen molar-refractivity contribution in [2.75, 3.05) is 23.8 Å². The number of hydrogen-bond acceptors (Lipinski definition) is 7. The van der Waals surface area contributed by atoms with Crippen LogP contribution in [0.4, 0.5) is 17.5 Å². The Bertz CT molecular complexity index is 1460. The molecule has 3 heterocycles. The smallest absolute Gasteiger partial charge is 0.231 e. The van der Waals surface area contributed by atoms with E-state index in [1.165, 1.54) is 19.3 Å². The van der Waals surface area contributed by atoms with Gasteiger partial charge in [-0.15, -0.1) is 0 Å². The van der Waals surface area contributed by atoms with E-state index in [1.54, 1.807) is 6.20 Å². The number of nitrogens with one attached hydrogen (secondary N) is 2. The van der Waals surface area contributed by atoms with E-state index < -0.39 is 0 Å². The summed E-state index contributed by atoms with van der Waals surface area (Å²) in [5.74, 6) is 2.09. The second kappa shape index (κ2) is 10.2. The highest BCUT2D eigenvalue weighted by atomic mass is 16.5. The first-order chi connectivity index (χ1) is 17.8. The van der Waals surface area contributed by atoms with Crippen molar-refractivity contribution in [3.63, 3.8) is 0 Å². The molecule has 182 valence electrons. The summed E-state index contributed by atoms with van der Waals surface area (Å²) >= 11 is 0. The molecule has 2 N–H and O–H groups in total. The predicted octanol–water partition coefficient (Wildman–Crippen LogP) is 6.11. The monoisotopic (exact) mass is 479 g/mol. The van der Waals surface area contributed by atoms with Crippen molar-refractivity contribution < 1.29 is 4.74 Å². The molecular weight excluding hydrogens is 450 g/mol. The summed E-state index contributed by atoms with van der Waals surface area (Å²) in [6.07, 6.45) is 9.83. The molecular formula is C28H29N7O. The lowest BCUT2D eigenvalue weighted by Crippen LogP contribution is -2.15. The van der Waals surface area contributed by atoms with Gasteiger partial charge in [0.2, 0.25) is 5.95 Å². The summed E-state index contributed by atoms with van der Waals surface area (Å²) < 4.78 is 8.09. The molecule has 8 heteroatoms. The zero-order valence-electron chi connectivity index (χ0n) is 20.1. The lowest BCUT2D eigenvalue weighted by atomic mass is 9.95. The van der Waals surface area contributed by atoms with Gasteiger partial charge >= 0.3 is 0 Å². The van der Waals surface area contributed by atoms with Crippen LogP contribution < -0.4 is 15.4 Å². The van der Waals surface area contributed by atoms with Crippen LogP contribution >= 0.6 is 0 Å². The van der Waals surface area contributed by atoms with E-state index in [1.807, 2.05) is 54.9 Å². The minimum Gasteiger partial charge on any atom is -0.492 e. The number of aromatic nitrogens is 5. The van der Waals surface area contributed by atoms with Gasteiger partial charge in [-0.1, -0.05) is 43.5 Å². The van der Waals surface area contributed by atoms with Crippen molar-refractivity contribution in [1.82, 2.24) is 24.5 Å². The normalized spacial score (nSPS) is 14.2. The summed E-state index contributed by atoms with van der Waals surface area (Å²) in [6, 6.07) is 20.3. The van der Waals surface area contributed by atoms with E-state index in [-0.39, 0.29) is 0 Å². The third-order valence-corrected chi connectivity index (χ3v) is 6.66. The fourth-order valence-electron chi connectivity index (χ4n) is 4.86. The van der Waals surface area contributed by atoms with Crippen LogP contribution in [0.15, 0.2) is 73.2 Å². The first-order valence-corrected chi connectivity index (χ1v) is 12.6.